The molecule has 0 saturated heterocycles. The molecule has 0 amide bonds. The Morgan fingerprint density at radius 2 is 1.76 bits per heavy atom. The fourth-order valence-corrected chi connectivity index (χ4v) is 1.12. The van der Waals surface area contributed by atoms with Crippen molar-refractivity contribution < 1.29 is 28.2 Å². The molecule has 0 radical (unpaired) electrons. The van der Waals surface area contributed by atoms with Gasteiger partial charge in [0.15, 0.2) is 0 Å². The molecular weight excluding hydrogens is 231 g/mol. The number of benzene rings is 1. The molecule has 2 aromatic rings. The molecule has 1 heterocycles. The van der Waals surface area contributed by atoms with Crippen LogP contribution in [0.1, 0.15) is 0 Å². The van der Waals surface area contributed by atoms with E-state index in [0.717, 1.165) is 0 Å². The van der Waals surface area contributed by atoms with Crippen LogP contribution in [0.25, 0.3) is 0 Å². The van der Waals surface area contributed by atoms with Crippen LogP contribution in [-0.2, 0) is 0 Å². The van der Waals surface area contributed by atoms with Gasteiger partial charge in [0.2, 0.25) is 0 Å². The van der Waals surface area contributed by atoms with Gasteiger partial charge in [0.1, 0.15) is 11.6 Å². The van der Waals surface area contributed by atoms with Gasteiger partial charge in [0, 0.05) is 12.1 Å². The van der Waals surface area contributed by atoms with Crippen LogP contribution in [0.2, 0.25) is 0 Å². The second kappa shape index (κ2) is 4.56. The third-order valence-corrected chi connectivity index (χ3v) is 1.78. The minimum atomic E-state index is -1.48. The minimum Gasteiger partial charge on any atom is -0.449 e. The van der Waals surface area contributed by atoms with Gasteiger partial charge in [-0.1, -0.05) is 0 Å². The second-order valence-corrected chi connectivity index (χ2v) is 3.00. The second-order valence-electron chi connectivity index (χ2n) is 3.00. The first kappa shape index (κ1) is 11.0. The predicted octanol–water partition coefficient (Wildman–Crippen LogP) is 3.27. The molecule has 1 aromatic carbocycles. The quantitative estimate of drug-likeness (QED) is 0.831. The molecule has 1 aromatic heterocycles. The fourth-order valence-electron chi connectivity index (χ4n) is 1.12. The summed E-state index contributed by atoms with van der Waals surface area (Å²) in [4.78, 5) is 10.2. The maximum atomic E-state index is 12.6. The molecule has 88 valence electrons. The molecule has 6 heteroatoms. The summed E-state index contributed by atoms with van der Waals surface area (Å²) in [5.41, 5.74) is 0. The van der Waals surface area contributed by atoms with Crippen LogP contribution in [0, 0.1) is 5.82 Å². The van der Waals surface area contributed by atoms with Crippen molar-refractivity contribution in [3.63, 3.8) is 0 Å². The lowest BCUT2D eigenvalue weighted by Crippen LogP contribution is -2.01. The molecular formula is C11H7FO5. The summed E-state index contributed by atoms with van der Waals surface area (Å²) >= 11 is 0. The van der Waals surface area contributed by atoms with Crippen molar-refractivity contribution in [1.82, 2.24) is 0 Å². The third-order valence-electron chi connectivity index (χ3n) is 1.78. The SMILES string of the molecule is O=C(O)Oc1ccc(Oc2ccc(F)cc2)o1. The summed E-state index contributed by atoms with van der Waals surface area (Å²) in [5, 5.41) is 8.33. The average molecular weight is 238 g/mol. The Morgan fingerprint density at radius 1 is 1.12 bits per heavy atom. The Hall–Kier alpha value is -2.50. The van der Waals surface area contributed by atoms with Crippen LogP contribution < -0.4 is 9.47 Å². The molecule has 0 saturated carbocycles. The largest absolute Gasteiger partial charge is 0.513 e. The highest BCUT2D eigenvalue weighted by Crippen LogP contribution is 2.27. The predicted molar refractivity (Wildman–Crippen MR) is 53.8 cm³/mol. The topological polar surface area (TPSA) is 68.9 Å². The maximum Gasteiger partial charge on any atom is 0.513 e. The first-order valence-electron chi connectivity index (χ1n) is 4.57. The fraction of sp³-hybridized carbons (Fsp3) is 0. The Morgan fingerprint density at radius 3 is 2.41 bits per heavy atom. The van der Waals surface area contributed by atoms with E-state index in [1.165, 1.54) is 36.4 Å². The van der Waals surface area contributed by atoms with Gasteiger partial charge in [-0.15, -0.1) is 0 Å². The number of furan rings is 1. The number of rotatable bonds is 3. The monoisotopic (exact) mass is 238 g/mol. The van der Waals surface area contributed by atoms with Crippen molar-refractivity contribution in [2.75, 3.05) is 0 Å². The standard InChI is InChI=1S/C11H7FO5/c12-7-1-3-8(4-2-7)15-9-5-6-10(16-9)17-11(13)14/h1-6H,(H,13,14). The molecule has 0 bridgehead atoms. The van der Waals surface area contributed by atoms with E-state index in [0.29, 0.717) is 5.75 Å². The van der Waals surface area contributed by atoms with E-state index in [9.17, 15) is 9.18 Å². The van der Waals surface area contributed by atoms with E-state index in [-0.39, 0.29) is 17.7 Å². The highest BCUT2D eigenvalue weighted by molar-refractivity contribution is 5.60. The first-order valence-corrected chi connectivity index (χ1v) is 4.57. The molecule has 0 aliphatic heterocycles. The Bertz CT molecular complexity index is 517. The van der Waals surface area contributed by atoms with Crippen LogP contribution in [0.5, 0.6) is 17.6 Å². The number of hydrogen-bond acceptors (Lipinski definition) is 4. The van der Waals surface area contributed by atoms with E-state index in [1.54, 1.807) is 0 Å². The van der Waals surface area contributed by atoms with Gasteiger partial charge >= 0.3 is 6.16 Å². The van der Waals surface area contributed by atoms with Gasteiger partial charge in [-0.25, -0.2) is 9.18 Å². The zero-order valence-electron chi connectivity index (χ0n) is 8.42. The summed E-state index contributed by atoms with van der Waals surface area (Å²) in [5.74, 6) is -0.170. The molecule has 1 N–H and O–H groups in total. The number of carboxylic acid groups (broad SMARTS) is 1. The minimum absolute atomic E-state index is 0.0489. The smallest absolute Gasteiger partial charge is 0.449 e. The highest BCUT2D eigenvalue weighted by Gasteiger charge is 2.08. The molecule has 17 heavy (non-hydrogen) atoms. The van der Waals surface area contributed by atoms with E-state index in [4.69, 9.17) is 14.3 Å². The van der Waals surface area contributed by atoms with Gasteiger partial charge in [-0.05, 0) is 24.3 Å². The summed E-state index contributed by atoms with van der Waals surface area (Å²) in [6.07, 6.45) is -1.48. The molecule has 0 aliphatic rings. The summed E-state index contributed by atoms with van der Waals surface area (Å²) in [7, 11) is 0. The van der Waals surface area contributed by atoms with Crippen molar-refractivity contribution in [3.8, 4) is 17.6 Å². The Balaban J connectivity index is 2.06. The van der Waals surface area contributed by atoms with Crippen molar-refractivity contribution >= 4 is 6.16 Å². The number of carbonyl (C=O) groups is 1. The van der Waals surface area contributed by atoms with Gasteiger partial charge in [0.25, 0.3) is 11.9 Å². The van der Waals surface area contributed by atoms with E-state index < -0.39 is 6.16 Å². The molecule has 5 nitrogen and oxygen atoms in total. The average Bonchev–Trinajstić information content (AvgIpc) is 2.68. The molecule has 0 fully saturated rings. The van der Waals surface area contributed by atoms with Crippen LogP contribution in [0.4, 0.5) is 9.18 Å². The number of halogens is 1. The third kappa shape index (κ3) is 2.97. The Kier molecular flexibility index (Phi) is 2.95. The zero-order chi connectivity index (χ0) is 12.3. The molecule has 0 atom stereocenters. The highest BCUT2D eigenvalue weighted by atomic mass is 19.1. The van der Waals surface area contributed by atoms with Crippen LogP contribution >= 0.6 is 0 Å². The lowest BCUT2D eigenvalue weighted by Gasteiger charge is -2.00. The summed E-state index contributed by atoms with van der Waals surface area (Å²) in [6.45, 7) is 0. The number of ether oxygens (including phenoxy) is 2. The lowest BCUT2D eigenvalue weighted by molar-refractivity contribution is 0.130. The Labute approximate surface area is 95.0 Å². The summed E-state index contributed by atoms with van der Waals surface area (Å²) in [6, 6.07) is 7.97. The molecule has 0 unspecified atom stereocenters. The van der Waals surface area contributed by atoms with Gasteiger partial charge in [0.05, 0.1) is 0 Å². The van der Waals surface area contributed by atoms with Crippen LogP contribution in [0.3, 0.4) is 0 Å². The zero-order valence-corrected chi connectivity index (χ0v) is 8.42. The van der Waals surface area contributed by atoms with Crippen molar-refractivity contribution in [2.24, 2.45) is 0 Å². The molecule has 2 rings (SSSR count). The molecule has 0 aliphatic carbocycles. The maximum absolute atomic E-state index is 12.6. The van der Waals surface area contributed by atoms with Gasteiger partial charge in [-0.2, -0.15) is 0 Å². The van der Waals surface area contributed by atoms with E-state index in [2.05, 4.69) is 4.74 Å². The van der Waals surface area contributed by atoms with Gasteiger partial charge in [-0.3, -0.25) is 0 Å². The van der Waals surface area contributed by atoms with Crippen LogP contribution in [0.15, 0.2) is 40.8 Å². The van der Waals surface area contributed by atoms with Crippen LogP contribution in [-0.4, -0.2) is 11.3 Å². The normalized spacial score (nSPS) is 9.94. The lowest BCUT2D eigenvalue weighted by atomic mass is 10.3. The summed E-state index contributed by atoms with van der Waals surface area (Å²) < 4.78 is 27.0. The first-order chi connectivity index (χ1) is 8.13. The van der Waals surface area contributed by atoms with E-state index >= 15 is 0 Å². The van der Waals surface area contributed by atoms with Crippen molar-refractivity contribution in [3.05, 3.63) is 42.2 Å². The number of hydrogen-bond donors (Lipinski definition) is 1. The van der Waals surface area contributed by atoms with E-state index in [1.807, 2.05) is 0 Å². The molecule has 0 spiro atoms. The van der Waals surface area contributed by atoms with Crippen molar-refractivity contribution in [1.29, 1.82) is 0 Å². The van der Waals surface area contributed by atoms with Gasteiger partial charge < -0.3 is 19.0 Å². The van der Waals surface area contributed by atoms with Crippen molar-refractivity contribution in [2.45, 2.75) is 0 Å².